The number of fused-ring (bicyclic) bond motifs is 1. The molecule has 0 fully saturated rings. The number of rotatable bonds is 3. The van der Waals surface area contributed by atoms with E-state index >= 15 is 0 Å². The summed E-state index contributed by atoms with van der Waals surface area (Å²) >= 11 is 10.4. The third-order valence-electron chi connectivity index (χ3n) is 3.55. The van der Waals surface area contributed by atoms with E-state index in [0.29, 0.717) is 5.92 Å². The highest BCUT2D eigenvalue weighted by Gasteiger charge is 2.31. The first-order valence-electron chi connectivity index (χ1n) is 6.45. The lowest BCUT2D eigenvalue weighted by molar-refractivity contribution is 0.501. The van der Waals surface area contributed by atoms with E-state index in [1.54, 1.807) is 0 Å². The van der Waals surface area contributed by atoms with Crippen molar-refractivity contribution in [1.29, 1.82) is 0 Å². The molecule has 2 rings (SSSR count). The second-order valence-corrected chi connectivity index (χ2v) is 7.38. The summed E-state index contributed by atoms with van der Waals surface area (Å²) in [4.78, 5) is -0.265. The fraction of sp³-hybridized carbons (Fsp3) is 0.643. The van der Waals surface area contributed by atoms with Gasteiger partial charge in [0.05, 0.1) is 4.87 Å². The minimum absolute atomic E-state index is 0.265. The Morgan fingerprint density at radius 2 is 2.17 bits per heavy atom. The van der Waals surface area contributed by atoms with Crippen LogP contribution >= 0.6 is 24.8 Å². The maximum Gasteiger partial charge on any atom is 0.181 e. The van der Waals surface area contributed by atoms with Gasteiger partial charge < -0.3 is 9.13 Å². The fourth-order valence-electron chi connectivity index (χ4n) is 2.86. The zero-order valence-electron chi connectivity index (χ0n) is 11.7. The van der Waals surface area contributed by atoms with Crippen LogP contribution in [0.3, 0.4) is 0 Å². The lowest BCUT2D eigenvalue weighted by Crippen LogP contribution is -2.22. The van der Waals surface area contributed by atoms with Gasteiger partial charge in [0.1, 0.15) is 0 Å². The molecule has 0 aromatic carbocycles. The molecule has 2 nitrogen and oxygen atoms in total. The van der Waals surface area contributed by atoms with Crippen molar-refractivity contribution < 1.29 is 0 Å². The molecule has 0 amide bonds. The summed E-state index contributed by atoms with van der Waals surface area (Å²) in [5.41, 5.74) is 3.87. The number of allylic oxidation sites excluding steroid dienone is 1. The summed E-state index contributed by atoms with van der Waals surface area (Å²) in [6.45, 7) is 13.6. The van der Waals surface area contributed by atoms with Crippen LogP contribution in [0.2, 0.25) is 0 Å². The van der Waals surface area contributed by atoms with Gasteiger partial charge in [-0.3, -0.25) is 0 Å². The summed E-state index contributed by atoms with van der Waals surface area (Å²) < 4.78 is 5.40. The average Bonchev–Trinajstić information content (AvgIpc) is 2.67. The van der Waals surface area contributed by atoms with Gasteiger partial charge in [0.2, 0.25) is 0 Å². The summed E-state index contributed by atoms with van der Waals surface area (Å²) in [6.07, 6.45) is 2.08. The first-order valence-corrected chi connectivity index (χ1v) is 7.30. The molecule has 0 saturated heterocycles. The van der Waals surface area contributed by atoms with Crippen LogP contribution < -0.4 is 0 Å². The van der Waals surface area contributed by atoms with Crippen molar-refractivity contribution in [3.05, 3.63) is 28.3 Å². The summed E-state index contributed by atoms with van der Waals surface area (Å²) in [7, 11) is 0. The SMILES string of the molecule is C=C(C)Cc1c2n(c(=S)n1C(C)(C)S)CCC2C. The number of thiol groups is 1. The van der Waals surface area contributed by atoms with Gasteiger partial charge in [-0.1, -0.05) is 19.1 Å². The maximum absolute atomic E-state index is 5.64. The highest BCUT2D eigenvalue weighted by Crippen LogP contribution is 2.36. The molecule has 0 aliphatic carbocycles. The molecule has 0 radical (unpaired) electrons. The summed E-state index contributed by atoms with van der Waals surface area (Å²) in [5.74, 6) is 0.581. The topological polar surface area (TPSA) is 9.86 Å². The molecule has 0 saturated carbocycles. The van der Waals surface area contributed by atoms with Crippen molar-refractivity contribution in [1.82, 2.24) is 9.13 Å². The van der Waals surface area contributed by atoms with Gasteiger partial charge >= 0.3 is 0 Å². The first-order chi connectivity index (χ1) is 8.23. The van der Waals surface area contributed by atoms with Crippen LogP contribution in [0.4, 0.5) is 0 Å². The average molecular weight is 282 g/mol. The van der Waals surface area contributed by atoms with Crippen molar-refractivity contribution in [2.75, 3.05) is 0 Å². The van der Waals surface area contributed by atoms with Gasteiger partial charge in [-0.15, -0.1) is 0 Å². The predicted molar refractivity (Wildman–Crippen MR) is 83.1 cm³/mol. The van der Waals surface area contributed by atoms with Crippen LogP contribution in [0.5, 0.6) is 0 Å². The minimum atomic E-state index is -0.265. The highest BCUT2D eigenvalue weighted by molar-refractivity contribution is 7.81. The van der Waals surface area contributed by atoms with Gasteiger partial charge in [0.15, 0.2) is 4.77 Å². The zero-order valence-corrected chi connectivity index (χ0v) is 13.4. The number of hydrogen-bond donors (Lipinski definition) is 1. The molecule has 100 valence electrons. The van der Waals surface area contributed by atoms with Gasteiger partial charge in [-0.2, -0.15) is 12.6 Å². The van der Waals surface area contributed by atoms with Gasteiger partial charge in [0, 0.05) is 24.4 Å². The largest absolute Gasteiger partial charge is 0.320 e. The lowest BCUT2D eigenvalue weighted by Gasteiger charge is -2.24. The molecule has 0 N–H and O–H groups in total. The highest BCUT2D eigenvalue weighted by atomic mass is 32.1. The molecular formula is C14H22N2S2. The van der Waals surface area contributed by atoms with E-state index in [0.717, 1.165) is 17.7 Å². The number of imidazole rings is 1. The van der Waals surface area contributed by atoms with Crippen molar-refractivity contribution >= 4 is 24.8 Å². The Hall–Kier alpha value is -0.480. The Balaban J connectivity index is 2.71. The monoisotopic (exact) mass is 282 g/mol. The maximum atomic E-state index is 5.64. The summed E-state index contributed by atoms with van der Waals surface area (Å²) in [5, 5.41) is 0. The first kappa shape index (κ1) is 13.9. The molecule has 1 aromatic heterocycles. The van der Waals surface area contributed by atoms with E-state index in [-0.39, 0.29) is 4.87 Å². The molecule has 0 bridgehead atoms. The molecule has 1 atom stereocenters. The zero-order chi connectivity index (χ0) is 13.7. The van der Waals surface area contributed by atoms with Crippen LogP contribution in [-0.2, 0) is 17.8 Å². The summed E-state index contributed by atoms with van der Waals surface area (Å²) in [6, 6.07) is 0. The van der Waals surface area contributed by atoms with E-state index in [1.165, 1.54) is 23.4 Å². The molecule has 2 heterocycles. The van der Waals surface area contributed by atoms with Crippen LogP contribution in [0.25, 0.3) is 0 Å². The molecule has 18 heavy (non-hydrogen) atoms. The molecule has 1 aromatic rings. The quantitative estimate of drug-likeness (QED) is 0.495. The Morgan fingerprint density at radius 3 is 2.67 bits per heavy atom. The Labute approximate surface area is 120 Å². The molecule has 0 spiro atoms. The van der Waals surface area contributed by atoms with Gasteiger partial charge in [0.25, 0.3) is 0 Å². The smallest absolute Gasteiger partial charge is 0.181 e. The van der Waals surface area contributed by atoms with Gasteiger partial charge in [-0.05, 0) is 45.3 Å². The van der Waals surface area contributed by atoms with E-state index in [2.05, 4.69) is 43.4 Å². The van der Waals surface area contributed by atoms with Crippen molar-refractivity contribution in [3.8, 4) is 0 Å². The molecule has 1 unspecified atom stereocenters. The van der Waals surface area contributed by atoms with Crippen molar-refractivity contribution in [3.63, 3.8) is 0 Å². The Kier molecular flexibility index (Phi) is 3.54. The van der Waals surface area contributed by atoms with E-state index in [4.69, 9.17) is 24.8 Å². The third kappa shape index (κ3) is 2.21. The van der Waals surface area contributed by atoms with E-state index < -0.39 is 0 Å². The minimum Gasteiger partial charge on any atom is -0.320 e. The van der Waals surface area contributed by atoms with E-state index in [9.17, 15) is 0 Å². The fourth-order valence-corrected chi connectivity index (χ4v) is 3.67. The second-order valence-electron chi connectivity index (χ2n) is 5.92. The molecule has 1 aliphatic rings. The predicted octanol–water partition coefficient (Wildman–Crippen LogP) is 4.27. The van der Waals surface area contributed by atoms with Crippen molar-refractivity contribution in [2.45, 2.75) is 57.9 Å². The molecule has 1 aliphatic heterocycles. The Bertz CT molecular complexity index is 543. The van der Waals surface area contributed by atoms with Crippen molar-refractivity contribution in [2.24, 2.45) is 0 Å². The number of hydrogen-bond acceptors (Lipinski definition) is 2. The van der Waals surface area contributed by atoms with Crippen LogP contribution in [0, 0.1) is 4.77 Å². The van der Waals surface area contributed by atoms with Gasteiger partial charge in [-0.25, -0.2) is 0 Å². The number of aromatic nitrogens is 2. The van der Waals surface area contributed by atoms with Crippen LogP contribution in [0.1, 0.15) is 51.4 Å². The third-order valence-corrected chi connectivity index (χ3v) is 4.15. The van der Waals surface area contributed by atoms with Crippen LogP contribution in [-0.4, -0.2) is 9.13 Å². The Morgan fingerprint density at radius 1 is 1.56 bits per heavy atom. The standard InChI is InChI=1S/C14H22N2S2/c1-9(2)8-11-12-10(3)6-7-15(12)13(17)16(11)14(4,5)18/h10,18H,1,6-8H2,2-5H3. The normalized spacial score (nSPS) is 19.1. The second kappa shape index (κ2) is 4.57. The molecular weight excluding hydrogens is 260 g/mol. The van der Waals surface area contributed by atoms with E-state index in [1.807, 2.05) is 0 Å². The molecule has 4 heteroatoms. The lowest BCUT2D eigenvalue weighted by atomic mass is 10.0. The number of nitrogens with zero attached hydrogens (tertiary/aromatic N) is 2. The van der Waals surface area contributed by atoms with Crippen LogP contribution in [0.15, 0.2) is 12.2 Å².